The highest BCUT2D eigenvalue weighted by Gasteiger charge is 2.19. The molecular weight excluding hydrogens is 438 g/mol. The van der Waals surface area contributed by atoms with Crippen LogP contribution < -0.4 is 0 Å². The van der Waals surface area contributed by atoms with Crippen LogP contribution >= 0.6 is 0 Å². The fourth-order valence-corrected chi connectivity index (χ4v) is 5.11. The number of aromatic nitrogens is 3. The number of pyridine rings is 1. The van der Waals surface area contributed by atoms with Crippen LogP contribution in [0.25, 0.3) is 66.1 Å². The van der Waals surface area contributed by atoms with E-state index in [1.165, 1.54) is 10.8 Å². The molecular formula is C33H21N3. The van der Waals surface area contributed by atoms with Crippen LogP contribution in [0.2, 0.25) is 0 Å². The molecule has 0 aliphatic rings. The van der Waals surface area contributed by atoms with E-state index in [4.69, 9.17) is 9.97 Å². The maximum Gasteiger partial charge on any atom is 0.159 e. The highest BCUT2D eigenvalue weighted by molar-refractivity contribution is 6.20. The molecule has 2 aromatic heterocycles. The van der Waals surface area contributed by atoms with Crippen molar-refractivity contribution >= 4 is 32.4 Å². The van der Waals surface area contributed by atoms with Gasteiger partial charge in [0.2, 0.25) is 0 Å². The highest BCUT2D eigenvalue weighted by atomic mass is 14.9. The zero-order chi connectivity index (χ0) is 23.9. The third-order valence-corrected chi connectivity index (χ3v) is 6.79. The Kier molecular flexibility index (Phi) is 4.78. The first-order valence-electron chi connectivity index (χ1n) is 12.0. The van der Waals surface area contributed by atoms with E-state index < -0.39 is 0 Å². The Morgan fingerprint density at radius 1 is 0.472 bits per heavy atom. The van der Waals surface area contributed by atoms with Gasteiger partial charge in [0.05, 0.1) is 5.52 Å². The lowest BCUT2D eigenvalue weighted by Crippen LogP contribution is -1.97. The molecule has 0 spiro atoms. The maximum absolute atomic E-state index is 5.23. The van der Waals surface area contributed by atoms with Gasteiger partial charge in [0.1, 0.15) is 0 Å². The Labute approximate surface area is 208 Å². The monoisotopic (exact) mass is 459 g/mol. The minimum atomic E-state index is 0.715. The normalized spacial score (nSPS) is 11.3. The standard InChI is InChI=1S/C33H21N3/c1-3-10-23(11-4-1)30-27-17-18-34-20-28(27)29-21-35-33(26-16-15-22-9-7-8-14-25(22)19-26)36-32(29)31(30)24-12-5-2-6-13-24/h1-21H. The van der Waals surface area contributed by atoms with Gasteiger partial charge in [-0.25, -0.2) is 9.97 Å². The lowest BCUT2D eigenvalue weighted by Gasteiger charge is -2.18. The summed E-state index contributed by atoms with van der Waals surface area (Å²) in [6, 6.07) is 38.0. The van der Waals surface area contributed by atoms with E-state index in [1.807, 2.05) is 24.7 Å². The van der Waals surface area contributed by atoms with Gasteiger partial charge in [-0.2, -0.15) is 0 Å². The van der Waals surface area contributed by atoms with Crippen molar-refractivity contribution in [3.05, 3.63) is 128 Å². The first-order valence-corrected chi connectivity index (χ1v) is 12.0. The van der Waals surface area contributed by atoms with Gasteiger partial charge in [-0.05, 0) is 45.0 Å². The van der Waals surface area contributed by atoms with Crippen molar-refractivity contribution in [2.75, 3.05) is 0 Å². The van der Waals surface area contributed by atoms with Gasteiger partial charge in [0, 0.05) is 40.5 Å². The Morgan fingerprint density at radius 2 is 1.17 bits per heavy atom. The summed E-state index contributed by atoms with van der Waals surface area (Å²) < 4.78 is 0. The SMILES string of the molecule is c1ccc(-c2c(-c3ccccc3)c3nc(-c4ccc5ccccc5c4)ncc3c3cnccc23)cc1. The van der Waals surface area contributed by atoms with Crippen molar-refractivity contribution in [1.29, 1.82) is 0 Å². The molecule has 7 aromatic rings. The molecule has 0 fully saturated rings. The number of rotatable bonds is 3. The van der Waals surface area contributed by atoms with Crippen molar-refractivity contribution < 1.29 is 0 Å². The molecule has 0 saturated heterocycles. The summed E-state index contributed by atoms with van der Waals surface area (Å²) >= 11 is 0. The van der Waals surface area contributed by atoms with Crippen LogP contribution in [0.4, 0.5) is 0 Å². The van der Waals surface area contributed by atoms with Gasteiger partial charge in [-0.3, -0.25) is 4.98 Å². The molecule has 0 aliphatic heterocycles. The van der Waals surface area contributed by atoms with Crippen LogP contribution in [0.5, 0.6) is 0 Å². The van der Waals surface area contributed by atoms with E-state index in [0.717, 1.165) is 49.5 Å². The number of hydrogen-bond acceptors (Lipinski definition) is 3. The molecule has 36 heavy (non-hydrogen) atoms. The van der Waals surface area contributed by atoms with Crippen LogP contribution in [-0.2, 0) is 0 Å². The van der Waals surface area contributed by atoms with Crippen molar-refractivity contribution in [2.45, 2.75) is 0 Å². The molecule has 0 saturated carbocycles. The molecule has 3 nitrogen and oxygen atoms in total. The lowest BCUT2D eigenvalue weighted by atomic mass is 9.88. The second-order valence-corrected chi connectivity index (χ2v) is 8.92. The summed E-state index contributed by atoms with van der Waals surface area (Å²) in [7, 11) is 0. The molecule has 0 bridgehead atoms. The zero-order valence-corrected chi connectivity index (χ0v) is 19.5. The van der Waals surface area contributed by atoms with E-state index in [9.17, 15) is 0 Å². The summed E-state index contributed by atoms with van der Waals surface area (Å²) in [5.41, 5.74) is 6.49. The summed E-state index contributed by atoms with van der Waals surface area (Å²) in [6.45, 7) is 0. The number of fused-ring (bicyclic) bond motifs is 4. The predicted octanol–water partition coefficient (Wildman–Crippen LogP) is 8.33. The summed E-state index contributed by atoms with van der Waals surface area (Å²) in [4.78, 5) is 14.5. The average molecular weight is 460 g/mol. The Balaban J connectivity index is 1.61. The number of nitrogens with zero attached hydrogens (tertiary/aromatic N) is 3. The highest BCUT2D eigenvalue weighted by Crippen LogP contribution is 2.43. The summed E-state index contributed by atoms with van der Waals surface area (Å²) in [5.74, 6) is 0.715. The van der Waals surface area contributed by atoms with Gasteiger partial charge in [0.15, 0.2) is 5.82 Å². The minimum Gasteiger partial charge on any atom is -0.264 e. The number of benzene rings is 5. The van der Waals surface area contributed by atoms with Crippen molar-refractivity contribution in [3.63, 3.8) is 0 Å². The van der Waals surface area contributed by atoms with Crippen LogP contribution in [0.1, 0.15) is 0 Å². The molecule has 168 valence electrons. The number of hydrogen-bond donors (Lipinski definition) is 0. The Morgan fingerprint density at radius 3 is 1.94 bits per heavy atom. The van der Waals surface area contributed by atoms with E-state index in [1.54, 1.807) is 0 Å². The van der Waals surface area contributed by atoms with E-state index in [2.05, 4.69) is 108 Å². The summed E-state index contributed by atoms with van der Waals surface area (Å²) in [6.07, 6.45) is 5.75. The summed E-state index contributed by atoms with van der Waals surface area (Å²) in [5, 5.41) is 5.58. The Hall–Kier alpha value is -4.89. The third-order valence-electron chi connectivity index (χ3n) is 6.79. The molecule has 0 N–H and O–H groups in total. The van der Waals surface area contributed by atoms with E-state index in [-0.39, 0.29) is 0 Å². The zero-order valence-electron chi connectivity index (χ0n) is 19.5. The molecule has 3 heteroatoms. The smallest absolute Gasteiger partial charge is 0.159 e. The van der Waals surface area contributed by atoms with Crippen LogP contribution in [0.3, 0.4) is 0 Å². The third kappa shape index (κ3) is 3.33. The minimum absolute atomic E-state index is 0.715. The molecule has 0 aliphatic carbocycles. The van der Waals surface area contributed by atoms with Crippen LogP contribution in [-0.4, -0.2) is 15.0 Å². The molecule has 2 heterocycles. The van der Waals surface area contributed by atoms with E-state index in [0.29, 0.717) is 5.82 Å². The molecule has 0 amide bonds. The van der Waals surface area contributed by atoms with Crippen molar-refractivity contribution in [1.82, 2.24) is 15.0 Å². The first-order chi connectivity index (χ1) is 17.9. The fraction of sp³-hybridized carbons (Fsp3) is 0. The van der Waals surface area contributed by atoms with Gasteiger partial charge in [0.25, 0.3) is 0 Å². The lowest BCUT2D eigenvalue weighted by molar-refractivity contribution is 1.23. The molecule has 7 rings (SSSR count). The molecule has 0 unspecified atom stereocenters. The van der Waals surface area contributed by atoms with Crippen molar-refractivity contribution in [2.24, 2.45) is 0 Å². The second kappa shape index (κ2) is 8.40. The molecule has 0 radical (unpaired) electrons. The van der Waals surface area contributed by atoms with Crippen LogP contribution in [0.15, 0.2) is 128 Å². The fourth-order valence-electron chi connectivity index (χ4n) is 5.11. The largest absolute Gasteiger partial charge is 0.264 e. The van der Waals surface area contributed by atoms with Gasteiger partial charge in [-0.15, -0.1) is 0 Å². The average Bonchev–Trinajstić information content (AvgIpc) is 2.97. The van der Waals surface area contributed by atoms with Gasteiger partial charge in [-0.1, -0.05) is 97.1 Å². The maximum atomic E-state index is 5.23. The van der Waals surface area contributed by atoms with Gasteiger partial charge < -0.3 is 0 Å². The molecule has 5 aromatic carbocycles. The Bertz CT molecular complexity index is 1880. The molecule has 0 atom stereocenters. The van der Waals surface area contributed by atoms with Crippen molar-refractivity contribution in [3.8, 4) is 33.6 Å². The predicted molar refractivity (Wildman–Crippen MR) is 149 cm³/mol. The van der Waals surface area contributed by atoms with Crippen LogP contribution in [0, 0.1) is 0 Å². The second-order valence-electron chi connectivity index (χ2n) is 8.92. The van der Waals surface area contributed by atoms with Gasteiger partial charge >= 0.3 is 0 Å². The quantitative estimate of drug-likeness (QED) is 0.249. The topological polar surface area (TPSA) is 38.7 Å². The first kappa shape index (κ1) is 20.5. The van der Waals surface area contributed by atoms with E-state index >= 15 is 0 Å².